The number of aryl methyl sites for hydroxylation is 1. The molecule has 0 bridgehead atoms. The molecule has 1 heterocycles. The van der Waals surface area contributed by atoms with E-state index in [1.54, 1.807) is 12.1 Å². The minimum absolute atomic E-state index is 0.0550. The molecule has 156 valence electrons. The lowest BCUT2D eigenvalue weighted by Crippen LogP contribution is -2.46. The number of benzene rings is 2. The van der Waals surface area contributed by atoms with Gasteiger partial charge in [0.2, 0.25) is 5.69 Å². The van der Waals surface area contributed by atoms with Crippen LogP contribution in [-0.2, 0) is 11.3 Å². The van der Waals surface area contributed by atoms with E-state index >= 15 is 0 Å². The highest BCUT2D eigenvalue weighted by Crippen LogP contribution is 2.09. The number of amides is 1. The fraction of sp³-hybridized carbons (Fsp3) is 0.238. The molecule has 30 heavy (non-hydrogen) atoms. The van der Waals surface area contributed by atoms with Crippen LogP contribution in [0, 0.1) is 12.7 Å². The molecule has 0 aliphatic carbocycles. The van der Waals surface area contributed by atoms with E-state index in [4.69, 9.17) is 4.74 Å². The van der Waals surface area contributed by atoms with E-state index in [0.29, 0.717) is 0 Å². The predicted molar refractivity (Wildman–Crippen MR) is 109 cm³/mol. The average Bonchev–Trinajstić information content (AvgIpc) is 2.72. The van der Waals surface area contributed by atoms with Crippen LogP contribution in [0.5, 0.6) is 0 Å². The van der Waals surface area contributed by atoms with Gasteiger partial charge in [0.15, 0.2) is 0 Å². The van der Waals surface area contributed by atoms with Crippen molar-refractivity contribution in [1.82, 2.24) is 19.7 Å². The zero-order valence-corrected chi connectivity index (χ0v) is 16.6. The van der Waals surface area contributed by atoms with Gasteiger partial charge in [0.25, 0.3) is 11.5 Å². The van der Waals surface area contributed by atoms with Gasteiger partial charge in [-0.3, -0.25) is 14.2 Å². The Kier molecular flexibility index (Phi) is 6.53. The van der Waals surface area contributed by atoms with Crippen LogP contribution in [0.25, 0.3) is 5.69 Å². The van der Waals surface area contributed by atoms with Gasteiger partial charge in [-0.1, -0.05) is 30.3 Å². The van der Waals surface area contributed by atoms with Gasteiger partial charge in [0.1, 0.15) is 5.82 Å². The molecule has 0 aliphatic heterocycles. The number of aromatic nitrogens is 3. The average molecular weight is 412 g/mol. The minimum atomic E-state index is -0.828. The maximum absolute atomic E-state index is 13.7. The molecule has 1 N–H and O–H groups in total. The molecule has 3 aromatic rings. The van der Waals surface area contributed by atoms with Crippen molar-refractivity contribution in [1.29, 1.82) is 0 Å². The Morgan fingerprint density at radius 2 is 1.93 bits per heavy atom. The van der Waals surface area contributed by atoms with Gasteiger partial charge in [-0.2, -0.15) is 9.78 Å². The van der Waals surface area contributed by atoms with Crippen LogP contribution < -0.4 is 16.6 Å². The molecule has 0 atom stereocenters. The molecule has 2 aromatic carbocycles. The van der Waals surface area contributed by atoms with Crippen molar-refractivity contribution >= 4 is 5.91 Å². The first-order valence-corrected chi connectivity index (χ1v) is 9.24. The number of rotatable bonds is 7. The molecule has 3 rings (SSSR count). The molecule has 8 nitrogen and oxygen atoms in total. The van der Waals surface area contributed by atoms with Crippen LogP contribution in [0.15, 0.2) is 58.1 Å². The Morgan fingerprint density at radius 1 is 1.17 bits per heavy atom. The van der Waals surface area contributed by atoms with Crippen LogP contribution >= 0.6 is 0 Å². The fourth-order valence-corrected chi connectivity index (χ4v) is 2.88. The molecular weight excluding hydrogens is 391 g/mol. The maximum atomic E-state index is 13.7. The molecule has 0 radical (unpaired) electrons. The Morgan fingerprint density at radius 3 is 2.63 bits per heavy atom. The first kappa shape index (κ1) is 21.1. The predicted octanol–water partition coefficient (Wildman–Crippen LogP) is 1.27. The van der Waals surface area contributed by atoms with Crippen molar-refractivity contribution in [2.75, 3.05) is 20.3 Å². The third-order valence-corrected chi connectivity index (χ3v) is 4.51. The van der Waals surface area contributed by atoms with Crippen LogP contribution in [0.2, 0.25) is 0 Å². The molecular formula is C21H21FN4O4. The molecule has 0 saturated heterocycles. The number of methoxy groups -OCH3 is 1. The molecule has 0 aliphatic rings. The van der Waals surface area contributed by atoms with E-state index in [-0.39, 0.29) is 25.4 Å². The van der Waals surface area contributed by atoms with Crippen LogP contribution in [-0.4, -0.2) is 40.5 Å². The summed E-state index contributed by atoms with van der Waals surface area (Å²) in [6.45, 7) is 2.20. The van der Waals surface area contributed by atoms with E-state index < -0.39 is 28.7 Å². The van der Waals surface area contributed by atoms with Gasteiger partial charge in [-0.15, -0.1) is 0 Å². The molecule has 9 heteroatoms. The summed E-state index contributed by atoms with van der Waals surface area (Å²) in [6.07, 6.45) is 0. The summed E-state index contributed by atoms with van der Waals surface area (Å²) >= 11 is 0. The zero-order chi connectivity index (χ0) is 21.7. The molecule has 0 spiro atoms. The standard InChI is InChI=1S/C21H21FN4O4/c1-14-6-3-4-7-15(14)13-25-20(28)18(19(27)23-10-11-30-2)24-26(21(25)29)17-9-5-8-16(22)12-17/h3-9,12H,10-11,13H2,1-2H3,(H,23,27). The van der Waals surface area contributed by atoms with Crippen molar-refractivity contribution < 1.29 is 13.9 Å². The second kappa shape index (κ2) is 9.27. The number of hydrogen-bond donors (Lipinski definition) is 1. The largest absolute Gasteiger partial charge is 0.383 e. The lowest BCUT2D eigenvalue weighted by molar-refractivity contribution is 0.0927. The van der Waals surface area contributed by atoms with E-state index in [0.717, 1.165) is 26.4 Å². The van der Waals surface area contributed by atoms with Gasteiger partial charge in [0, 0.05) is 13.7 Å². The monoisotopic (exact) mass is 412 g/mol. The van der Waals surface area contributed by atoms with E-state index in [1.807, 2.05) is 19.1 Å². The summed E-state index contributed by atoms with van der Waals surface area (Å²) in [7, 11) is 1.48. The van der Waals surface area contributed by atoms with Gasteiger partial charge < -0.3 is 10.1 Å². The summed E-state index contributed by atoms with van der Waals surface area (Å²) in [5.41, 5.74) is -0.357. The lowest BCUT2D eigenvalue weighted by Gasteiger charge is -2.13. The SMILES string of the molecule is COCCNC(=O)c1nn(-c2cccc(F)c2)c(=O)n(Cc2ccccc2C)c1=O. The van der Waals surface area contributed by atoms with Crippen molar-refractivity contribution in [3.05, 3.63) is 92.0 Å². The number of nitrogens with zero attached hydrogens (tertiary/aromatic N) is 3. The second-order valence-electron chi connectivity index (χ2n) is 6.59. The van der Waals surface area contributed by atoms with Gasteiger partial charge >= 0.3 is 5.69 Å². The number of nitrogens with one attached hydrogen (secondary N) is 1. The summed E-state index contributed by atoms with van der Waals surface area (Å²) < 4.78 is 20.4. The number of hydrogen-bond acceptors (Lipinski definition) is 5. The van der Waals surface area contributed by atoms with Crippen molar-refractivity contribution in [2.24, 2.45) is 0 Å². The molecule has 0 unspecified atom stereocenters. The Labute approximate surface area is 171 Å². The first-order valence-electron chi connectivity index (χ1n) is 9.24. The normalized spacial score (nSPS) is 10.8. The summed E-state index contributed by atoms with van der Waals surface area (Å²) in [5, 5.41) is 6.46. The first-order chi connectivity index (χ1) is 14.4. The van der Waals surface area contributed by atoms with E-state index in [9.17, 15) is 18.8 Å². The molecule has 1 aromatic heterocycles. The smallest absolute Gasteiger partial charge is 0.352 e. The Bertz CT molecular complexity index is 1190. The summed E-state index contributed by atoms with van der Waals surface area (Å²) in [5.74, 6) is -1.33. The third kappa shape index (κ3) is 4.52. The van der Waals surface area contributed by atoms with Gasteiger partial charge in [0.05, 0.1) is 18.8 Å². The summed E-state index contributed by atoms with van der Waals surface area (Å²) in [4.78, 5) is 38.5. The lowest BCUT2D eigenvalue weighted by atomic mass is 10.1. The maximum Gasteiger partial charge on any atom is 0.352 e. The fourth-order valence-electron chi connectivity index (χ4n) is 2.88. The number of carbonyl (C=O) groups excluding carboxylic acids is 1. The Balaban J connectivity index is 2.17. The number of ether oxygens (including phenoxy) is 1. The van der Waals surface area contributed by atoms with Crippen LogP contribution in [0.3, 0.4) is 0 Å². The minimum Gasteiger partial charge on any atom is -0.383 e. The zero-order valence-electron chi connectivity index (χ0n) is 16.6. The van der Waals surface area contributed by atoms with E-state index in [2.05, 4.69) is 10.4 Å². The number of halogens is 1. The van der Waals surface area contributed by atoms with Crippen LogP contribution in [0.4, 0.5) is 4.39 Å². The highest BCUT2D eigenvalue weighted by molar-refractivity contribution is 5.91. The van der Waals surface area contributed by atoms with Crippen LogP contribution in [0.1, 0.15) is 21.6 Å². The highest BCUT2D eigenvalue weighted by Gasteiger charge is 2.20. The molecule has 0 saturated carbocycles. The van der Waals surface area contributed by atoms with Gasteiger partial charge in [-0.25, -0.2) is 9.18 Å². The van der Waals surface area contributed by atoms with E-state index in [1.165, 1.54) is 25.3 Å². The van der Waals surface area contributed by atoms with Gasteiger partial charge in [-0.05, 0) is 36.2 Å². The molecule has 0 fully saturated rings. The second-order valence-corrected chi connectivity index (χ2v) is 6.59. The topological polar surface area (TPSA) is 95.2 Å². The van der Waals surface area contributed by atoms with Crippen molar-refractivity contribution in [3.63, 3.8) is 0 Å². The number of carbonyl (C=O) groups is 1. The quantitative estimate of drug-likeness (QED) is 0.590. The van der Waals surface area contributed by atoms with Crippen molar-refractivity contribution in [2.45, 2.75) is 13.5 Å². The Hall–Kier alpha value is -3.59. The van der Waals surface area contributed by atoms with Crippen molar-refractivity contribution in [3.8, 4) is 5.69 Å². The highest BCUT2D eigenvalue weighted by atomic mass is 19.1. The molecule has 1 amide bonds. The summed E-state index contributed by atoms with van der Waals surface area (Å²) in [6, 6.07) is 12.5. The third-order valence-electron chi connectivity index (χ3n) is 4.51.